The van der Waals surface area contributed by atoms with Crippen molar-refractivity contribution in [2.45, 2.75) is 33.5 Å². The van der Waals surface area contributed by atoms with Crippen molar-refractivity contribution in [3.8, 4) is 0 Å². The third-order valence-corrected chi connectivity index (χ3v) is 1.94. The molecule has 0 atom stereocenters. The van der Waals surface area contributed by atoms with Gasteiger partial charge in [0.25, 0.3) is 0 Å². The predicted molar refractivity (Wildman–Crippen MR) is 56.4 cm³/mol. The first-order valence-electron chi connectivity index (χ1n) is 4.81. The molecule has 0 bridgehead atoms. The van der Waals surface area contributed by atoms with Gasteiger partial charge in [-0.1, -0.05) is 24.3 Å². The van der Waals surface area contributed by atoms with Crippen molar-refractivity contribution >= 4 is 5.78 Å². The van der Waals surface area contributed by atoms with Crippen LogP contribution in [-0.4, -0.2) is 11.9 Å². The van der Waals surface area contributed by atoms with Gasteiger partial charge >= 0.3 is 0 Å². The van der Waals surface area contributed by atoms with Crippen LogP contribution in [0.25, 0.3) is 0 Å². The lowest BCUT2D eigenvalue weighted by molar-refractivity contribution is 0.0657. The van der Waals surface area contributed by atoms with Gasteiger partial charge in [-0.2, -0.15) is 0 Å². The van der Waals surface area contributed by atoms with E-state index in [1.165, 1.54) is 0 Å². The highest BCUT2D eigenvalue weighted by Crippen LogP contribution is 2.07. The summed E-state index contributed by atoms with van der Waals surface area (Å²) >= 11 is 0. The zero-order chi connectivity index (χ0) is 10.6. The van der Waals surface area contributed by atoms with Crippen molar-refractivity contribution in [2.75, 3.05) is 0 Å². The Bertz CT molecular complexity index is 299. The first-order valence-corrected chi connectivity index (χ1v) is 4.81. The van der Waals surface area contributed by atoms with Crippen molar-refractivity contribution in [1.82, 2.24) is 0 Å². The molecule has 0 unspecified atom stereocenters. The lowest BCUT2D eigenvalue weighted by Crippen LogP contribution is -2.02. The van der Waals surface area contributed by atoms with Gasteiger partial charge in [-0.15, -0.1) is 0 Å². The van der Waals surface area contributed by atoms with Crippen LogP contribution >= 0.6 is 0 Å². The van der Waals surface area contributed by atoms with Gasteiger partial charge in [0.2, 0.25) is 0 Å². The Morgan fingerprint density at radius 3 is 2.29 bits per heavy atom. The van der Waals surface area contributed by atoms with E-state index in [0.29, 0.717) is 6.61 Å². The summed E-state index contributed by atoms with van der Waals surface area (Å²) in [6.07, 6.45) is 0.238. The van der Waals surface area contributed by atoms with Crippen LogP contribution in [-0.2, 0) is 11.3 Å². The maximum atomic E-state index is 11.0. The van der Waals surface area contributed by atoms with Crippen molar-refractivity contribution < 1.29 is 9.53 Å². The summed E-state index contributed by atoms with van der Waals surface area (Å²) in [5.41, 5.74) is 1.85. The maximum Gasteiger partial charge on any atom is 0.159 e. The highest BCUT2D eigenvalue weighted by Gasteiger charge is 1.99. The molecule has 2 nitrogen and oxygen atoms in total. The minimum Gasteiger partial charge on any atom is -0.374 e. The molecule has 0 saturated heterocycles. The molecule has 0 spiro atoms. The number of hydrogen-bond acceptors (Lipinski definition) is 2. The molecule has 0 fully saturated rings. The molecule has 76 valence electrons. The maximum absolute atomic E-state index is 11.0. The molecule has 1 aromatic rings. The number of carbonyl (C=O) groups excluding carboxylic acids is 1. The molecule has 0 heterocycles. The van der Waals surface area contributed by atoms with E-state index in [1.54, 1.807) is 6.92 Å². The highest BCUT2D eigenvalue weighted by molar-refractivity contribution is 5.93. The van der Waals surface area contributed by atoms with E-state index in [2.05, 4.69) is 0 Å². The predicted octanol–water partition coefficient (Wildman–Crippen LogP) is 2.81. The van der Waals surface area contributed by atoms with Gasteiger partial charge < -0.3 is 4.74 Å². The number of ether oxygens (including phenoxy) is 1. The second-order valence-electron chi connectivity index (χ2n) is 3.61. The van der Waals surface area contributed by atoms with Gasteiger partial charge in [-0.25, -0.2) is 0 Å². The Morgan fingerprint density at radius 2 is 1.86 bits per heavy atom. The monoisotopic (exact) mass is 192 g/mol. The normalized spacial score (nSPS) is 10.6. The van der Waals surface area contributed by atoms with E-state index in [-0.39, 0.29) is 11.9 Å². The van der Waals surface area contributed by atoms with Crippen molar-refractivity contribution in [3.05, 3.63) is 35.4 Å². The van der Waals surface area contributed by atoms with E-state index in [0.717, 1.165) is 11.1 Å². The fourth-order valence-electron chi connectivity index (χ4n) is 1.10. The van der Waals surface area contributed by atoms with E-state index < -0.39 is 0 Å². The summed E-state index contributed by atoms with van der Waals surface area (Å²) in [6.45, 7) is 6.18. The highest BCUT2D eigenvalue weighted by atomic mass is 16.5. The van der Waals surface area contributed by atoms with E-state index in [4.69, 9.17) is 4.74 Å². The standard InChI is InChI=1S/C12H16O2/c1-9(2)14-8-11-4-6-12(7-5-11)10(3)13/h4-7,9H,8H2,1-3H3. The molecule has 1 aromatic carbocycles. The number of hydrogen-bond donors (Lipinski definition) is 0. The van der Waals surface area contributed by atoms with E-state index in [9.17, 15) is 4.79 Å². The van der Waals surface area contributed by atoms with Gasteiger partial charge in [0.15, 0.2) is 5.78 Å². The molecule has 0 aliphatic heterocycles. The van der Waals surface area contributed by atoms with Crippen LogP contribution in [0.4, 0.5) is 0 Å². The lowest BCUT2D eigenvalue weighted by atomic mass is 10.1. The molecule has 0 aliphatic carbocycles. The average molecular weight is 192 g/mol. The summed E-state index contributed by atoms with van der Waals surface area (Å²) in [5.74, 6) is 0.0985. The van der Waals surface area contributed by atoms with Crippen molar-refractivity contribution in [2.24, 2.45) is 0 Å². The first kappa shape index (κ1) is 10.9. The summed E-state index contributed by atoms with van der Waals surface area (Å²) in [6, 6.07) is 7.53. The molecule has 14 heavy (non-hydrogen) atoms. The molecule has 1 rings (SSSR count). The Kier molecular flexibility index (Phi) is 3.84. The van der Waals surface area contributed by atoms with Crippen molar-refractivity contribution in [1.29, 1.82) is 0 Å². The number of carbonyl (C=O) groups is 1. The second-order valence-corrected chi connectivity index (χ2v) is 3.61. The minimum absolute atomic E-state index is 0.0985. The summed E-state index contributed by atoms with van der Waals surface area (Å²) in [5, 5.41) is 0. The minimum atomic E-state index is 0.0985. The molecule has 0 saturated carbocycles. The molecule has 0 aromatic heterocycles. The van der Waals surface area contributed by atoms with Crippen LogP contribution in [0, 0.1) is 0 Å². The summed E-state index contributed by atoms with van der Waals surface area (Å²) < 4.78 is 5.44. The molecule has 0 N–H and O–H groups in total. The molecular weight excluding hydrogens is 176 g/mol. The van der Waals surface area contributed by atoms with Crippen LogP contribution in [0.2, 0.25) is 0 Å². The van der Waals surface area contributed by atoms with Gasteiger partial charge in [-0.05, 0) is 26.3 Å². The van der Waals surface area contributed by atoms with E-state index >= 15 is 0 Å². The fourth-order valence-corrected chi connectivity index (χ4v) is 1.10. The largest absolute Gasteiger partial charge is 0.374 e. The van der Waals surface area contributed by atoms with Crippen LogP contribution in [0.3, 0.4) is 0 Å². The van der Waals surface area contributed by atoms with Gasteiger partial charge in [0.1, 0.15) is 0 Å². The molecule has 0 radical (unpaired) electrons. The van der Waals surface area contributed by atoms with E-state index in [1.807, 2.05) is 38.1 Å². The zero-order valence-electron chi connectivity index (χ0n) is 8.91. The Hall–Kier alpha value is -1.15. The fraction of sp³-hybridized carbons (Fsp3) is 0.417. The Balaban J connectivity index is 2.60. The van der Waals surface area contributed by atoms with Gasteiger partial charge in [0.05, 0.1) is 12.7 Å². The third kappa shape index (κ3) is 3.30. The van der Waals surface area contributed by atoms with Gasteiger partial charge in [0, 0.05) is 5.56 Å². The van der Waals surface area contributed by atoms with Crippen LogP contribution < -0.4 is 0 Å². The third-order valence-electron chi connectivity index (χ3n) is 1.94. The average Bonchev–Trinajstić information content (AvgIpc) is 2.15. The summed E-state index contributed by atoms with van der Waals surface area (Å²) in [4.78, 5) is 11.0. The van der Waals surface area contributed by atoms with Crippen LogP contribution in [0.1, 0.15) is 36.7 Å². The van der Waals surface area contributed by atoms with Crippen LogP contribution in [0.5, 0.6) is 0 Å². The molecule has 0 aliphatic rings. The molecule has 0 amide bonds. The van der Waals surface area contributed by atoms with Crippen LogP contribution in [0.15, 0.2) is 24.3 Å². The first-order chi connectivity index (χ1) is 6.59. The Labute approximate surface area is 84.9 Å². The molecule has 2 heteroatoms. The number of Topliss-reactive ketones (excluding diaryl/α,β-unsaturated/α-hetero) is 1. The smallest absolute Gasteiger partial charge is 0.159 e. The second kappa shape index (κ2) is 4.91. The topological polar surface area (TPSA) is 26.3 Å². The lowest BCUT2D eigenvalue weighted by Gasteiger charge is -2.07. The zero-order valence-corrected chi connectivity index (χ0v) is 8.91. The number of benzene rings is 1. The SMILES string of the molecule is CC(=O)c1ccc(COC(C)C)cc1. The Morgan fingerprint density at radius 1 is 1.29 bits per heavy atom. The number of rotatable bonds is 4. The molecular formula is C12H16O2. The quantitative estimate of drug-likeness (QED) is 0.686. The summed E-state index contributed by atoms with van der Waals surface area (Å²) in [7, 11) is 0. The van der Waals surface area contributed by atoms with Crippen molar-refractivity contribution in [3.63, 3.8) is 0 Å². The number of ketones is 1. The van der Waals surface area contributed by atoms with Gasteiger partial charge in [-0.3, -0.25) is 4.79 Å².